The summed E-state index contributed by atoms with van der Waals surface area (Å²) < 4.78 is 1.59. The van der Waals surface area contributed by atoms with Crippen LogP contribution in [0.3, 0.4) is 0 Å². The van der Waals surface area contributed by atoms with Crippen molar-refractivity contribution in [1.82, 2.24) is 9.66 Å². The Morgan fingerprint density at radius 2 is 1.89 bits per heavy atom. The van der Waals surface area contributed by atoms with Gasteiger partial charge in [0.2, 0.25) is 0 Å². The van der Waals surface area contributed by atoms with Crippen molar-refractivity contribution in [3.8, 4) is 0 Å². The molecule has 3 heteroatoms. The first-order valence-corrected chi connectivity index (χ1v) is 2.90. The highest BCUT2D eigenvalue weighted by molar-refractivity contribution is 5.12. The van der Waals surface area contributed by atoms with Gasteiger partial charge < -0.3 is 5.84 Å². The molecule has 0 atom stereocenters. The van der Waals surface area contributed by atoms with Crippen LogP contribution in [0.5, 0.6) is 0 Å². The Morgan fingerprint density at radius 3 is 2.00 bits per heavy atom. The Hall–Kier alpha value is -0.990. The van der Waals surface area contributed by atoms with E-state index in [1.807, 2.05) is 20.8 Å². The van der Waals surface area contributed by atoms with Gasteiger partial charge in [0.1, 0.15) is 5.82 Å². The lowest BCUT2D eigenvalue weighted by atomic mass is 10.4. The topological polar surface area (TPSA) is 43.8 Å². The molecule has 1 heterocycles. The minimum Gasteiger partial charge on any atom is -0.338 e. The summed E-state index contributed by atoms with van der Waals surface area (Å²) in [4.78, 5) is 4.15. The SMILES string of the molecule is Cc1nc(C)n(N)c1C. The largest absolute Gasteiger partial charge is 0.338 e. The van der Waals surface area contributed by atoms with E-state index in [0.29, 0.717) is 0 Å². The van der Waals surface area contributed by atoms with Crippen molar-refractivity contribution in [1.29, 1.82) is 0 Å². The molecule has 0 fully saturated rings. The van der Waals surface area contributed by atoms with E-state index in [0.717, 1.165) is 17.2 Å². The zero-order valence-corrected chi connectivity index (χ0v) is 5.97. The Labute approximate surface area is 54.5 Å². The predicted molar refractivity (Wildman–Crippen MR) is 36.6 cm³/mol. The molecule has 50 valence electrons. The van der Waals surface area contributed by atoms with Gasteiger partial charge in [-0.3, -0.25) is 4.68 Å². The molecular formula is C6H11N3. The van der Waals surface area contributed by atoms with E-state index in [9.17, 15) is 0 Å². The maximum absolute atomic E-state index is 5.56. The Bertz CT molecular complexity index is 202. The first-order chi connectivity index (χ1) is 4.13. The van der Waals surface area contributed by atoms with Crippen LogP contribution in [0.2, 0.25) is 0 Å². The van der Waals surface area contributed by atoms with Crippen molar-refractivity contribution in [3.63, 3.8) is 0 Å². The minimum absolute atomic E-state index is 0.866. The second kappa shape index (κ2) is 1.76. The van der Waals surface area contributed by atoms with Gasteiger partial charge in [-0.2, -0.15) is 0 Å². The van der Waals surface area contributed by atoms with Crippen LogP contribution in [0.4, 0.5) is 0 Å². The summed E-state index contributed by atoms with van der Waals surface area (Å²) in [6.07, 6.45) is 0. The predicted octanol–water partition coefficient (Wildman–Crippen LogP) is 0.522. The number of nitrogens with two attached hydrogens (primary N) is 1. The number of rotatable bonds is 0. The maximum atomic E-state index is 5.56. The lowest BCUT2D eigenvalue weighted by Crippen LogP contribution is -2.11. The second-order valence-electron chi connectivity index (χ2n) is 2.20. The summed E-state index contributed by atoms with van der Waals surface area (Å²) in [6.45, 7) is 5.79. The van der Waals surface area contributed by atoms with Crippen molar-refractivity contribution in [2.24, 2.45) is 0 Å². The van der Waals surface area contributed by atoms with Crippen LogP contribution in [-0.2, 0) is 0 Å². The lowest BCUT2D eigenvalue weighted by molar-refractivity contribution is 0.893. The van der Waals surface area contributed by atoms with Crippen molar-refractivity contribution >= 4 is 0 Å². The number of hydrogen-bond acceptors (Lipinski definition) is 2. The minimum atomic E-state index is 0.866. The van der Waals surface area contributed by atoms with E-state index in [1.165, 1.54) is 0 Å². The van der Waals surface area contributed by atoms with E-state index >= 15 is 0 Å². The second-order valence-corrected chi connectivity index (χ2v) is 2.20. The standard InChI is InChI=1S/C6H11N3/c1-4-5(2)9(7)6(3)8-4/h7H2,1-3H3. The number of hydrogen-bond donors (Lipinski definition) is 1. The molecule has 0 bridgehead atoms. The maximum Gasteiger partial charge on any atom is 0.124 e. The van der Waals surface area contributed by atoms with Crippen LogP contribution >= 0.6 is 0 Å². The molecule has 0 saturated heterocycles. The third-order valence-electron chi connectivity index (χ3n) is 1.56. The molecule has 1 rings (SSSR count). The molecule has 0 saturated carbocycles. The molecule has 0 aromatic carbocycles. The zero-order chi connectivity index (χ0) is 7.02. The summed E-state index contributed by atoms with van der Waals surface area (Å²) in [5, 5.41) is 0. The van der Waals surface area contributed by atoms with Crippen LogP contribution < -0.4 is 5.84 Å². The van der Waals surface area contributed by atoms with Crippen molar-refractivity contribution in [3.05, 3.63) is 17.2 Å². The molecule has 1 aromatic heterocycles. The fourth-order valence-corrected chi connectivity index (χ4v) is 0.794. The van der Waals surface area contributed by atoms with Crippen LogP contribution in [0, 0.1) is 20.8 Å². The number of imidazole rings is 1. The zero-order valence-electron chi connectivity index (χ0n) is 5.97. The van der Waals surface area contributed by atoms with Crippen LogP contribution in [0.25, 0.3) is 0 Å². The first-order valence-electron chi connectivity index (χ1n) is 2.90. The quantitative estimate of drug-likeness (QED) is 0.514. The molecule has 0 radical (unpaired) electrons. The van der Waals surface area contributed by atoms with Crippen molar-refractivity contribution in [2.45, 2.75) is 20.8 Å². The molecule has 0 aliphatic carbocycles. The van der Waals surface area contributed by atoms with Crippen molar-refractivity contribution in [2.75, 3.05) is 5.84 Å². The monoisotopic (exact) mass is 125 g/mol. The molecule has 9 heavy (non-hydrogen) atoms. The molecule has 1 aromatic rings. The number of nitrogen functional groups attached to an aromatic ring is 1. The average Bonchev–Trinajstić information content (AvgIpc) is 1.98. The van der Waals surface area contributed by atoms with E-state index in [-0.39, 0.29) is 0 Å². The van der Waals surface area contributed by atoms with Gasteiger partial charge in [-0.05, 0) is 20.8 Å². The molecule has 0 spiro atoms. The van der Waals surface area contributed by atoms with E-state index in [1.54, 1.807) is 4.68 Å². The molecule has 0 aliphatic heterocycles. The highest BCUT2D eigenvalue weighted by Gasteiger charge is 2.01. The van der Waals surface area contributed by atoms with Crippen molar-refractivity contribution < 1.29 is 0 Å². The van der Waals surface area contributed by atoms with Gasteiger partial charge in [-0.15, -0.1) is 0 Å². The Kier molecular flexibility index (Phi) is 1.20. The van der Waals surface area contributed by atoms with Gasteiger partial charge in [-0.1, -0.05) is 0 Å². The lowest BCUT2D eigenvalue weighted by Gasteiger charge is -1.95. The van der Waals surface area contributed by atoms with Crippen LogP contribution in [-0.4, -0.2) is 9.66 Å². The van der Waals surface area contributed by atoms with Gasteiger partial charge >= 0.3 is 0 Å². The third kappa shape index (κ3) is 0.781. The van der Waals surface area contributed by atoms with E-state index < -0.39 is 0 Å². The molecule has 0 amide bonds. The summed E-state index contributed by atoms with van der Waals surface area (Å²) in [5.41, 5.74) is 2.04. The van der Waals surface area contributed by atoms with E-state index in [4.69, 9.17) is 5.84 Å². The highest BCUT2D eigenvalue weighted by Crippen LogP contribution is 2.03. The Balaban J connectivity index is 3.29. The van der Waals surface area contributed by atoms with Gasteiger partial charge in [-0.25, -0.2) is 4.98 Å². The van der Waals surface area contributed by atoms with E-state index in [2.05, 4.69) is 4.98 Å². The van der Waals surface area contributed by atoms with Gasteiger partial charge in [0.05, 0.1) is 11.4 Å². The smallest absolute Gasteiger partial charge is 0.124 e. The molecule has 0 aliphatic rings. The van der Waals surface area contributed by atoms with Gasteiger partial charge in [0.15, 0.2) is 0 Å². The summed E-state index contributed by atoms with van der Waals surface area (Å²) in [5.74, 6) is 6.42. The highest BCUT2D eigenvalue weighted by atomic mass is 15.3. The van der Waals surface area contributed by atoms with Gasteiger partial charge in [0.25, 0.3) is 0 Å². The van der Waals surface area contributed by atoms with Crippen LogP contribution in [0.1, 0.15) is 17.2 Å². The Morgan fingerprint density at radius 1 is 1.33 bits per heavy atom. The third-order valence-corrected chi connectivity index (χ3v) is 1.56. The summed E-state index contributed by atoms with van der Waals surface area (Å²) in [7, 11) is 0. The molecular weight excluding hydrogens is 114 g/mol. The number of aromatic nitrogens is 2. The fraction of sp³-hybridized carbons (Fsp3) is 0.500. The summed E-state index contributed by atoms with van der Waals surface area (Å²) >= 11 is 0. The normalized spacial score (nSPS) is 10.1. The number of aryl methyl sites for hydroxylation is 2. The summed E-state index contributed by atoms with van der Waals surface area (Å²) in [6, 6.07) is 0. The molecule has 2 N–H and O–H groups in total. The molecule has 0 unspecified atom stereocenters. The van der Waals surface area contributed by atoms with Crippen LogP contribution in [0.15, 0.2) is 0 Å². The fourth-order valence-electron chi connectivity index (χ4n) is 0.794. The number of nitrogens with zero attached hydrogens (tertiary/aromatic N) is 2. The first kappa shape index (κ1) is 6.13. The average molecular weight is 125 g/mol. The molecule has 3 nitrogen and oxygen atoms in total. The van der Waals surface area contributed by atoms with Gasteiger partial charge in [0, 0.05) is 0 Å².